The van der Waals surface area contributed by atoms with E-state index in [4.69, 9.17) is 4.74 Å². The second kappa shape index (κ2) is 9.89. The molecule has 1 heterocycles. The van der Waals surface area contributed by atoms with Gasteiger partial charge in [0, 0.05) is 25.8 Å². The van der Waals surface area contributed by atoms with E-state index in [0.717, 1.165) is 11.4 Å². The Labute approximate surface area is 171 Å². The number of aromatic nitrogens is 3. The summed E-state index contributed by atoms with van der Waals surface area (Å²) in [6.07, 6.45) is 1.81. The third-order valence-electron chi connectivity index (χ3n) is 4.29. The first kappa shape index (κ1) is 22.2. The number of carbonyl (C=O) groups is 1. The average Bonchev–Trinajstić information content (AvgIpc) is 3.04. The molecule has 6 nitrogen and oxygen atoms in total. The quantitative estimate of drug-likeness (QED) is 0.394. The monoisotopic (exact) mass is 402 g/mol. The molecule has 0 bridgehead atoms. The van der Waals surface area contributed by atoms with Crippen molar-refractivity contribution in [2.45, 2.75) is 50.1 Å². The van der Waals surface area contributed by atoms with E-state index in [0.29, 0.717) is 24.9 Å². The van der Waals surface area contributed by atoms with E-state index in [1.165, 1.54) is 17.3 Å². The highest BCUT2D eigenvalue weighted by molar-refractivity contribution is 8.00. The van der Waals surface area contributed by atoms with Crippen LogP contribution in [0.25, 0.3) is 11.4 Å². The summed E-state index contributed by atoms with van der Waals surface area (Å²) in [5, 5.41) is 12.0. The van der Waals surface area contributed by atoms with Crippen LogP contribution in [-0.2, 0) is 21.5 Å². The first-order valence-electron chi connectivity index (χ1n) is 9.36. The van der Waals surface area contributed by atoms with Gasteiger partial charge >= 0.3 is 0 Å². The topological polar surface area (TPSA) is 69.0 Å². The first-order valence-corrected chi connectivity index (χ1v) is 10.2. The van der Waals surface area contributed by atoms with Gasteiger partial charge in [-0.25, -0.2) is 0 Å². The lowest BCUT2D eigenvalue weighted by molar-refractivity contribution is -0.120. The van der Waals surface area contributed by atoms with Crippen molar-refractivity contribution in [2.75, 3.05) is 20.3 Å². The van der Waals surface area contributed by atoms with Crippen LogP contribution in [0, 0.1) is 0 Å². The van der Waals surface area contributed by atoms with Crippen molar-refractivity contribution in [3.63, 3.8) is 0 Å². The molecule has 1 amide bonds. The molecule has 0 unspecified atom stereocenters. The van der Waals surface area contributed by atoms with Crippen molar-refractivity contribution in [1.29, 1.82) is 0 Å². The molecule has 2 rings (SSSR count). The predicted octanol–water partition coefficient (Wildman–Crippen LogP) is 3.67. The van der Waals surface area contributed by atoms with Crippen molar-refractivity contribution in [2.24, 2.45) is 0 Å². The number of ether oxygens (including phenoxy) is 1. The van der Waals surface area contributed by atoms with Crippen molar-refractivity contribution in [1.82, 2.24) is 20.1 Å². The fourth-order valence-corrected chi connectivity index (χ4v) is 3.52. The number of thioether (sulfide) groups is 1. The third-order valence-corrected chi connectivity index (χ3v) is 5.37. The van der Waals surface area contributed by atoms with E-state index in [2.05, 4.69) is 67.1 Å². The molecule has 1 N–H and O–H groups in total. The molecule has 2 aromatic rings. The van der Waals surface area contributed by atoms with Crippen LogP contribution in [0.1, 0.15) is 33.3 Å². The summed E-state index contributed by atoms with van der Waals surface area (Å²) >= 11 is 1.39. The van der Waals surface area contributed by atoms with Crippen LogP contribution < -0.4 is 5.32 Å². The van der Waals surface area contributed by atoms with Crippen molar-refractivity contribution in [3.8, 4) is 11.4 Å². The fourth-order valence-electron chi connectivity index (χ4n) is 2.63. The Morgan fingerprint density at radius 1 is 1.32 bits per heavy atom. The molecule has 0 radical (unpaired) electrons. The zero-order chi connectivity index (χ0) is 20.7. The van der Waals surface area contributed by atoms with Gasteiger partial charge < -0.3 is 10.1 Å². The summed E-state index contributed by atoms with van der Waals surface area (Å²) in [6, 6.07) is 8.39. The Balaban J connectivity index is 2.21. The number of nitrogens with one attached hydrogen (secondary N) is 1. The molecular formula is C21H30N4O2S. The van der Waals surface area contributed by atoms with E-state index in [9.17, 15) is 4.79 Å². The van der Waals surface area contributed by atoms with Gasteiger partial charge in [-0.05, 0) is 17.9 Å². The maximum absolute atomic E-state index is 12.2. The van der Waals surface area contributed by atoms with Crippen LogP contribution in [0.2, 0.25) is 0 Å². The Morgan fingerprint density at radius 3 is 2.57 bits per heavy atom. The minimum atomic E-state index is -0.291. The Hall–Kier alpha value is -2.12. The number of methoxy groups -OCH3 is 1. The Kier molecular flexibility index (Phi) is 7.83. The van der Waals surface area contributed by atoms with Crippen LogP contribution in [0.3, 0.4) is 0 Å². The van der Waals surface area contributed by atoms with Crippen LogP contribution in [-0.4, -0.2) is 46.2 Å². The maximum Gasteiger partial charge on any atom is 0.233 e. The highest BCUT2D eigenvalue weighted by Gasteiger charge is 2.21. The molecule has 152 valence electrons. The van der Waals surface area contributed by atoms with Crippen molar-refractivity contribution < 1.29 is 9.53 Å². The van der Waals surface area contributed by atoms with Crippen LogP contribution in [0.5, 0.6) is 0 Å². The number of nitrogens with zero attached hydrogens (tertiary/aromatic N) is 3. The lowest BCUT2D eigenvalue weighted by atomic mass is 9.87. The molecule has 1 aromatic heterocycles. The second-order valence-electron chi connectivity index (χ2n) is 7.58. The molecule has 28 heavy (non-hydrogen) atoms. The number of rotatable bonds is 9. The van der Waals surface area contributed by atoms with Gasteiger partial charge in [-0.3, -0.25) is 9.36 Å². The minimum absolute atomic E-state index is 0.0497. The number of carbonyl (C=O) groups excluding carboxylic acids is 1. The van der Waals surface area contributed by atoms with Crippen LogP contribution in [0.15, 0.2) is 42.1 Å². The number of hydrogen-bond acceptors (Lipinski definition) is 5. The molecule has 7 heteroatoms. The molecule has 1 atom stereocenters. The van der Waals surface area contributed by atoms with Gasteiger partial charge in [0.05, 0.1) is 11.9 Å². The Bertz CT molecular complexity index is 794. The summed E-state index contributed by atoms with van der Waals surface area (Å²) in [4.78, 5) is 12.2. The van der Waals surface area contributed by atoms with Gasteiger partial charge in [-0.1, -0.05) is 62.9 Å². The van der Waals surface area contributed by atoms with E-state index in [-0.39, 0.29) is 16.6 Å². The largest absolute Gasteiger partial charge is 0.383 e. The molecule has 0 spiro atoms. The molecule has 0 aliphatic rings. The highest BCUT2D eigenvalue weighted by atomic mass is 32.2. The lowest BCUT2D eigenvalue weighted by Crippen LogP contribution is -2.33. The van der Waals surface area contributed by atoms with Crippen LogP contribution >= 0.6 is 11.8 Å². The van der Waals surface area contributed by atoms with E-state index in [1.807, 2.05) is 17.6 Å². The molecule has 0 saturated carbocycles. The molecule has 0 saturated heterocycles. The number of benzene rings is 1. The summed E-state index contributed by atoms with van der Waals surface area (Å²) in [6.45, 7) is 13.8. The summed E-state index contributed by atoms with van der Waals surface area (Å²) in [7, 11) is 1.61. The number of amides is 1. The standard InChI is InChI=1S/C21H30N4O2S/c1-7-13-25-18(16-8-10-17(11-9-16)21(3,4)5)23-24-20(25)28-15(2)19(26)22-12-14-27-6/h7-11,15H,1,12-14H2,2-6H3,(H,22,26)/t15-/m0/s1. The molecular weight excluding hydrogens is 372 g/mol. The molecule has 0 aliphatic carbocycles. The van der Waals surface area contributed by atoms with Gasteiger partial charge in [0.15, 0.2) is 11.0 Å². The van der Waals surface area contributed by atoms with Gasteiger partial charge in [-0.15, -0.1) is 16.8 Å². The molecule has 0 aliphatic heterocycles. The van der Waals surface area contributed by atoms with Gasteiger partial charge in [0.1, 0.15) is 0 Å². The summed E-state index contributed by atoms with van der Waals surface area (Å²) in [5.74, 6) is 0.723. The average molecular weight is 403 g/mol. The Morgan fingerprint density at radius 2 is 2.00 bits per heavy atom. The zero-order valence-corrected chi connectivity index (χ0v) is 18.2. The number of allylic oxidation sites excluding steroid dienone is 1. The van der Waals surface area contributed by atoms with Gasteiger partial charge in [-0.2, -0.15) is 0 Å². The van der Waals surface area contributed by atoms with Crippen molar-refractivity contribution >= 4 is 17.7 Å². The highest BCUT2D eigenvalue weighted by Crippen LogP contribution is 2.29. The smallest absolute Gasteiger partial charge is 0.233 e. The van der Waals surface area contributed by atoms with Crippen LogP contribution in [0.4, 0.5) is 0 Å². The minimum Gasteiger partial charge on any atom is -0.383 e. The van der Waals surface area contributed by atoms with Crippen molar-refractivity contribution in [3.05, 3.63) is 42.5 Å². The molecule has 1 aromatic carbocycles. The molecule has 0 fully saturated rings. The predicted molar refractivity (Wildman–Crippen MR) is 115 cm³/mol. The third kappa shape index (κ3) is 5.69. The number of hydrogen-bond donors (Lipinski definition) is 1. The SMILES string of the molecule is C=CCn1c(S[C@@H](C)C(=O)NCCOC)nnc1-c1ccc(C(C)(C)C)cc1. The van der Waals surface area contributed by atoms with E-state index in [1.54, 1.807) is 7.11 Å². The normalized spacial score (nSPS) is 12.6. The summed E-state index contributed by atoms with van der Waals surface area (Å²) < 4.78 is 6.95. The van der Waals surface area contributed by atoms with E-state index >= 15 is 0 Å². The second-order valence-corrected chi connectivity index (χ2v) is 8.88. The lowest BCUT2D eigenvalue weighted by Gasteiger charge is -2.19. The summed E-state index contributed by atoms with van der Waals surface area (Å²) in [5.41, 5.74) is 2.35. The first-order chi connectivity index (χ1) is 13.3. The van der Waals surface area contributed by atoms with Gasteiger partial charge in [0.25, 0.3) is 0 Å². The zero-order valence-electron chi connectivity index (χ0n) is 17.4. The van der Waals surface area contributed by atoms with E-state index < -0.39 is 0 Å². The maximum atomic E-state index is 12.2. The van der Waals surface area contributed by atoms with Gasteiger partial charge in [0.2, 0.25) is 5.91 Å². The fraction of sp³-hybridized carbons (Fsp3) is 0.476.